The minimum absolute atomic E-state index is 0.114. The van der Waals surface area contributed by atoms with Gasteiger partial charge in [-0.05, 0) is 20.8 Å². The van der Waals surface area contributed by atoms with Gasteiger partial charge in [0.2, 0.25) is 0 Å². The topological polar surface area (TPSA) is 78.2 Å². The van der Waals surface area contributed by atoms with E-state index in [1.54, 1.807) is 0 Å². The van der Waals surface area contributed by atoms with Crippen LogP contribution in [-0.4, -0.2) is 62.3 Å². The molecule has 1 aliphatic heterocycles. The summed E-state index contributed by atoms with van der Waals surface area (Å²) >= 11 is 1.51. The van der Waals surface area contributed by atoms with E-state index in [1.807, 2.05) is 25.5 Å². The summed E-state index contributed by atoms with van der Waals surface area (Å²) in [7, 11) is 0. The molecule has 0 bridgehead atoms. The molecular weight excluding hydrogens is 316 g/mol. The van der Waals surface area contributed by atoms with Crippen LogP contribution in [0.1, 0.15) is 23.6 Å². The molecule has 1 aliphatic rings. The third kappa shape index (κ3) is 4.24. The van der Waals surface area contributed by atoms with Gasteiger partial charge in [-0.15, -0.1) is 10.2 Å². The van der Waals surface area contributed by atoms with Gasteiger partial charge in [-0.2, -0.15) is 5.10 Å². The molecule has 0 amide bonds. The van der Waals surface area contributed by atoms with Crippen molar-refractivity contribution in [3.63, 3.8) is 0 Å². The second-order valence-electron chi connectivity index (χ2n) is 5.51. The standard InChI is InChI=1S/C14H22N6O2S/c1-4-21-14-17-16-13(23-14)9-19-5-6-22-12(7-19)8-20-11(3)15-10(2)18-20/h12H,4-9H2,1-3H3/t12-/m1/s1. The lowest BCUT2D eigenvalue weighted by Gasteiger charge is -2.32. The molecule has 3 rings (SSSR count). The molecule has 0 spiro atoms. The van der Waals surface area contributed by atoms with Crippen LogP contribution >= 0.6 is 11.3 Å². The summed E-state index contributed by atoms with van der Waals surface area (Å²) in [5, 5.41) is 14.2. The first-order valence-electron chi connectivity index (χ1n) is 7.81. The Morgan fingerprint density at radius 2 is 2.22 bits per heavy atom. The molecule has 3 heterocycles. The molecule has 8 nitrogen and oxygen atoms in total. The van der Waals surface area contributed by atoms with Crippen LogP contribution in [0.5, 0.6) is 5.19 Å². The molecular formula is C14H22N6O2S. The van der Waals surface area contributed by atoms with Gasteiger partial charge >= 0.3 is 0 Å². The van der Waals surface area contributed by atoms with Crippen LogP contribution in [0.15, 0.2) is 0 Å². The summed E-state index contributed by atoms with van der Waals surface area (Å²) in [4.78, 5) is 6.67. The molecule has 0 radical (unpaired) electrons. The lowest BCUT2D eigenvalue weighted by Crippen LogP contribution is -2.43. The van der Waals surface area contributed by atoms with E-state index in [1.165, 1.54) is 11.3 Å². The minimum atomic E-state index is 0.114. The molecule has 0 N–H and O–H groups in total. The van der Waals surface area contributed by atoms with Gasteiger partial charge in [-0.25, -0.2) is 9.67 Å². The lowest BCUT2D eigenvalue weighted by molar-refractivity contribution is -0.0406. The van der Waals surface area contributed by atoms with E-state index >= 15 is 0 Å². The van der Waals surface area contributed by atoms with Gasteiger partial charge in [-0.3, -0.25) is 4.90 Å². The van der Waals surface area contributed by atoms with E-state index in [2.05, 4.69) is 25.2 Å². The maximum Gasteiger partial charge on any atom is 0.294 e. The molecule has 0 aromatic carbocycles. The third-order valence-electron chi connectivity index (χ3n) is 3.64. The van der Waals surface area contributed by atoms with Crippen molar-refractivity contribution in [2.24, 2.45) is 0 Å². The molecule has 1 atom stereocenters. The summed E-state index contributed by atoms with van der Waals surface area (Å²) in [6, 6.07) is 0. The second-order valence-corrected chi connectivity index (χ2v) is 6.54. The second kappa shape index (κ2) is 7.33. The third-order valence-corrected chi connectivity index (χ3v) is 4.46. The number of nitrogens with zero attached hydrogens (tertiary/aromatic N) is 6. The Bertz CT molecular complexity index is 643. The van der Waals surface area contributed by atoms with Gasteiger partial charge in [0.15, 0.2) is 0 Å². The molecule has 1 fully saturated rings. The average molecular weight is 338 g/mol. The molecule has 2 aromatic heterocycles. The van der Waals surface area contributed by atoms with Gasteiger partial charge in [0.05, 0.1) is 32.4 Å². The first-order valence-corrected chi connectivity index (χ1v) is 8.63. The number of aryl methyl sites for hydroxylation is 2. The van der Waals surface area contributed by atoms with Crippen molar-refractivity contribution in [1.82, 2.24) is 29.9 Å². The van der Waals surface area contributed by atoms with E-state index in [-0.39, 0.29) is 6.10 Å². The highest BCUT2D eigenvalue weighted by Gasteiger charge is 2.23. The van der Waals surface area contributed by atoms with E-state index in [0.29, 0.717) is 18.4 Å². The molecule has 23 heavy (non-hydrogen) atoms. The SMILES string of the molecule is CCOc1nnc(CN2CCO[C@@H](Cn3nc(C)nc3C)C2)s1. The fraction of sp³-hybridized carbons (Fsp3) is 0.714. The highest BCUT2D eigenvalue weighted by Crippen LogP contribution is 2.20. The van der Waals surface area contributed by atoms with E-state index in [9.17, 15) is 0 Å². The van der Waals surface area contributed by atoms with Crippen LogP contribution in [0, 0.1) is 13.8 Å². The summed E-state index contributed by atoms with van der Waals surface area (Å²) in [6.45, 7) is 10.4. The number of ether oxygens (including phenoxy) is 2. The Morgan fingerprint density at radius 1 is 1.35 bits per heavy atom. The molecule has 9 heteroatoms. The zero-order valence-corrected chi connectivity index (χ0v) is 14.5. The largest absolute Gasteiger partial charge is 0.469 e. The monoisotopic (exact) mass is 338 g/mol. The fourth-order valence-corrected chi connectivity index (χ4v) is 3.43. The zero-order valence-electron chi connectivity index (χ0n) is 13.7. The number of rotatable bonds is 6. The number of hydrogen-bond donors (Lipinski definition) is 0. The van der Waals surface area contributed by atoms with Crippen molar-refractivity contribution in [1.29, 1.82) is 0 Å². The van der Waals surface area contributed by atoms with Gasteiger partial charge in [0.25, 0.3) is 5.19 Å². The van der Waals surface area contributed by atoms with Crippen LogP contribution in [0.3, 0.4) is 0 Å². The Kier molecular flexibility index (Phi) is 5.19. The predicted molar refractivity (Wildman–Crippen MR) is 85.6 cm³/mol. The van der Waals surface area contributed by atoms with Gasteiger partial charge in [0, 0.05) is 13.1 Å². The number of hydrogen-bond acceptors (Lipinski definition) is 8. The van der Waals surface area contributed by atoms with E-state index in [0.717, 1.165) is 42.8 Å². The first kappa shape index (κ1) is 16.3. The van der Waals surface area contributed by atoms with Crippen LogP contribution in [-0.2, 0) is 17.8 Å². The van der Waals surface area contributed by atoms with Crippen LogP contribution in [0.4, 0.5) is 0 Å². The molecule has 0 unspecified atom stereocenters. The molecule has 2 aromatic rings. The average Bonchev–Trinajstić information content (AvgIpc) is 3.07. The minimum Gasteiger partial charge on any atom is -0.469 e. The van der Waals surface area contributed by atoms with Gasteiger partial charge in [-0.1, -0.05) is 11.3 Å². The Balaban J connectivity index is 1.56. The van der Waals surface area contributed by atoms with Crippen molar-refractivity contribution >= 4 is 11.3 Å². The highest BCUT2D eigenvalue weighted by molar-refractivity contribution is 7.13. The van der Waals surface area contributed by atoms with Crippen molar-refractivity contribution in [2.75, 3.05) is 26.3 Å². The summed E-state index contributed by atoms with van der Waals surface area (Å²) in [5.74, 6) is 1.72. The molecule has 126 valence electrons. The first-order chi connectivity index (χ1) is 11.1. The van der Waals surface area contributed by atoms with E-state index in [4.69, 9.17) is 9.47 Å². The smallest absolute Gasteiger partial charge is 0.294 e. The highest BCUT2D eigenvalue weighted by atomic mass is 32.1. The maximum absolute atomic E-state index is 5.87. The van der Waals surface area contributed by atoms with Crippen molar-refractivity contribution in [2.45, 2.75) is 40.0 Å². The fourth-order valence-electron chi connectivity index (χ4n) is 2.64. The van der Waals surface area contributed by atoms with Crippen molar-refractivity contribution in [3.8, 4) is 5.19 Å². The summed E-state index contributed by atoms with van der Waals surface area (Å²) in [6.07, 6.45) is 0.114. The maximum atomic E-state index is 5.87. The van der Waals surface area contributed by atoms with Crippen LogP contribution in [0.25, 0.3) is 0 Å². The van der Waals surface area contributed by atoms with Gasteiger partial charge in [0.1, 0.15) is 16.7 Å². The Hall–Kier alpha value is -1.58. The Morgan fingerprint density at radius 3 is 2.96 bits per heavy atom. The van der Waals surface area contributed by atoms with Crippen molar-refractivity contribution in [3.05, 3.63) is 16.7 Å². The van der Waals surface area contributed by atoms with Crippen molar-refractivity contribution < 1.29 is 9.47 Å². The normalized spacial score (nSPS) is 19.2. The quantitative estimate of drug-likeness (QED) is 0.779. The Labute approximate surface area is 139 Å². The van der Waals surface area contributed by atoms with Crippen LogP contribution < -0.4 is 4.74 Å². The van der Waals surface area contributed by atoms with Gasteiger partial charge < -0.3 is 9.47 Å². The zero-order chi connectivity index (χ0) is 16.2. The molecule has 0 aliphatic carbocycles. The molecule has 0 saturated carbocycles. The molecule has 1 saturated heterocycles. The lowest BCUT2D eigenvalue weighted by atomic mass is 10.2. The summed E-state index contributed by atoms with van der Waals surface area (Å²) in [5.41, 5.74) is 0. The number of morpholine rings is 1. The predicted octanol–water partition coefficient (Wildman–Crippen LogP) is 1.05. The number of aromatic nitrogens is 5. The van der Waals surface area contributed by atoms with E-state index < -0.39 is 0 Å². The van der Waals surface area contributed by atoms with Crippen LogP contribution in [0.2, 0.25) is 0 Å². The summed E-state index contributed by atoms with van der Waals surface area (Å²) < 4.78 is 13.2.